The van der Waals surface area contributed by atoms with Gasteiger partial charge in [0.1, 0.15) is 0 Å². The van der Waals surface area contributed by atoms with Crippen molar-refractivity contribution in [1.82, 2.24) is 20.4 Å². The molecule has 4 saturated heterocycles. The number of hydrogen-bond acceptors (Lipinski definition) is 4. The number of carbonyl (C=O) groups is 2. The Morgan fingerprint density at radius 2 is 0.964 bits per heavy atom. The van der Waals surface area contributed by atoms with E-state index in [9.17, 15) is 9.59 Å². The lowest BCUT2D eigenvalue weighted by Gasteiger charge is -2.36. The van der Waals surface area contributed by atoms with Crippen molar-refractivity contribution in [3.05, 3.63) is 0 Å². The lowest BCUT2D eigenvalue weighted by Crippen LogP contribution is -2.48. The number of likely N-dealkylation sites (tertiary alicyclic amines) is 2. The molecule has 0 saturated carbocycles. The van der Waals surface area contributed by atoms with Crippen molar-refractivity contribution >= 4 is 11.8 Å². The first-order valence-corrected chi connectivity index (χ1v) is 11.1. The van der Waals surface area contributed by atoms with Crippen molar-refractivity contribution in [3.63, 3.8) is 0 Å². The van der Waals surface area contributed by atoms with E-state index in [0.717, 1.165) is 13.1 Å². The Labute approximate surface area is 170 Å². The topological polar surface area (TPSA) is 64.7 Å². The predicted octanol–water partition coefficient (Wildman–Crippen LogP) is 2.28. The first-order valence-electron chi connectivity index (χ1n) is 11.1. The van der Waals surface area contributed by atoms with Crippen molar-refractivity contribution in [3.8, 4) is 0 Å². The monoisotopic (exact) mass is 392 g/mol. The van der Waals surface area contributed by atoms with Gasteiger partial charge >= 0.3 is 0 Å². The fourth-order valence-electron chi connectivity index (χ4n) is 5.00. The number of carbonyl (C=O) groups excluding carboxylic acids is 2. The second-order valence-corrected chi connectivity index (χ2v) is 11.0. The zero-order chi connectivity index (χ0) is 20.7. The highest BCUT2D eigenvalue weighted by atomic mass is 16.2. The molecule has 0 aliphatic carbocycles. The second kappa shape index (κ2) is 7.94. The summed E-state index contributed by atoms with van der Waals surface area (Å²) in [5.41, 5.74) is -0.0491. The van der Waals surface area contributed by atoms with Gasteiger partial charge in [0, 0.05) is 61.2 Å². The van der Waals surface area contributed by atoms with Gasteiger partial charge in [-0.15, -0.1) is 0 Å². The normalized spacial score (nSPS) is 33.4. The highest BCUT2D eigenvalue weighted by Crippen LogP contribution is 2.27. The third-order valence-corrected chi connectivity index (χ3v) is 6.54. The van der Waals surface area contributed by atoms with Crippen LogP contribution >= 0.6 is 0 Å². The third-order valence-electron chi connectivity index (χ3n) is 6.54. The fraction of sp³-hybridized carbons (Fsp3) is 0.909. The summed E-state index contributed by atoms with van der Waals surface area (Å²) in [5.74, 6) is 0.634. The van der Waals surface area contributed by atoms with Crippen LogP contribution < -0.4 is 10.6 Å². The molecule has 0 aromatic rings. The molecule has 4 aliphatic rings. The van der Waals surface area contributed by atoms with E-state index in [1.165, 1.54) is 25.7 Å². The molecule has 6 heteroatoms. The summed E-state index contributed by atoms with van der Waals surface area (Å²) in [5, 5.41) is 7.05. The summed E-state index contributed by atoms with van der Waals surface area (Å²) < 4.78 is 0. The zero-order valence-corrected chi connectivity index (χ0v) is 18.7. The highest BCUT2D eigenvalue weighted by Gasteiger charge is 2.38. The summed E-state index contributed by atoms with van der Waals surface area (Å²) >= 11 is 0. The largest absolute Gasteiger partial charge is 0.336 e. The summed E-state index contributed by atoms with van der Waals surface area (Å²) in [6.45, 7) is 14.5. The standard InChI is InChI=1S/2C11H20N2O/c2*1-11(2,3)13-7-9-5-4-8(12-9)6-10(13)14/h2*8-9,12H,4-7H2,1-3H3/t2*8-,9+/m10/s1. The molecule has 0 radical (unpaired) electrons. The minimum absolute atomic E-state index is 0.0246. The van der Waals surface area contributed by atoms with Gasteiger partial charge in [0.2, 0.25) is 11.8 Å². The van der Waals surface area contributed by atoms with Crippen molar-refractivity contribution < 1.29 is 9.59 Å². The first kappa shape index (κ1) is 21.6. The van der Waals surface area contributed by atoms with Crippen LogP contribution in [0.15, 0.2) is 0 Å². The first-order chi connectivity index (χ1) is 12.9. The number of nitrogens with zero attached hydrogens (tertiary/aromatic N) is 2. The Morgan fingerprint density at radius 3 is 1.29 bits per heavy atom. The Kier molecular flexibility index (Phi) is 6.12. The van der Waals surface area contributed by atoms with Crippen LogP contribution in [-0.4, -0.2) is 69.9 Å². The smallest absolute Gasteiger partial charge is 0.224 e. The van der Waals surface area contributed by atoms with E-state index >= 15 is 0 Å². The van der Waals surface area contributed by atoms with Crippen LogP contribution in [0.3, 0.4) is 0 Å². The molecule has 4 heterocycles. The van der Waals surface area contributed by atoms with Gasteiger partial charge in [0.15, 0.2) is 0 Å². The average molecular weight is 393 g/mol. The van der Waals surface area contributed by atoms with Gasteiger partial charge in [-0.2, -0.15) is 0 Å². The molecule has 6 nitrogen and oxygen atoms in total. The molecule has 0 aromatic heterocycles. The third kappa shape index (κ3) is 5.07. The molecular formula is C22H40N4O2. The zero-order valence-electron chi connectivity index (χ0n) is 18.7. The SMILES string of the molecule is CC(C)(C)N1C[C@@H]2CC[C@H](CC1=O)N2.CC(C)(C)N1C[C@H]2CC[C@@H](CC1=O)N2. The lowest BCUT2D eigenvalue weighted by molar-refractivity contribution is -0.136. The second-order valence-electron chi connectivity index (χ2n) is 11.0. The number of fused-ring (bicyclic) bond motifs is 4. The summed E-state index contributed by atoms with van der Waals surface area (Å²) in [7, 11) is 0. The Bertz CT molecular complexity index is 540. The minimum atomic E-state index is -0.0246. The molecule has 4 rings (SSSR count). The van der Waals surface area contributed by atoms with Crippen LogP contribution in [0.2, 0.25) is 0 Å². The van der Waals surface area contributed by atoms with E-state index in [1.807, 2.05) is 9.80 Å². The molecular weight excluding hydrogens is 352 g/mol. The van der Waals surface area contributed by atoms with E-state index in [4.69, 9.17) is 0 Å². The highest BCUT2D eigenvalue weighted by molar-refractivity contribution is 5.78. The molecule has 0 spiro atoms. The van der Waals surface area contributed by atoms with E-state index in [2.05, 4.69) is 52.2 Å². The van der Waals surface area contributed by atoms with Gasteiger partial charge < -0.3 is 20.4 Å². The maximum Gasteiger partial charge on any atom is 0.224 e. The fourth-order valence-corrected chi connectivity index (χ4v) is 5.00. The average Bonchev–Trinajstić information content (AvgIpc) is 3.07. The molecule has 2 N–H and O–H groups in total. The van der Waals surface area contributed by atoms with Crippen molar-refractivity contribution in [2.45, 2.75) is 115 Å². The van der Waals surface area contributed by atoms with E-state index in [-0.39, 0.29) is 11.1 Å². The molecule has 0 unspecified atom stereocenters. The Hall–Kier alpha value is -1.14. The van der Waals surface area contributed by atoms with Crippen LogP contribution in [-0.2, 0) is 9.59 Å². The number of amides is 2. The molecule has 0 aromatic carbocycles. The molecule has 4 aliphatic heterocycles. The molecule has 2 amide bonds. The van der Waals surface area contributed by atoms with Gasteiger partial charge in [-0.25, -0.2) is 0 Å². The van der Waals surface area contributed by atoms with Gasteiger partial charge in [-0.05, 0) is 67.2 Å². The van der Waals surface area contributed by atoms with E-state index in [0.29, 0.717) is 48.8 Å². The molecule has 4 bridgehead atoms. The molecule has 28 heavy (non-hydrogen) atoms. The Morgan fingerprint density at radius 1 is 0.643 bits per heavy atom. The summed E-state index contributed by atoms with van der Waals surface area (Å²) in [4.78, 5) is 27.9. The van der Waals surface area contributed by atoms with Gasteiger partial charge in [-0.1, -0.05) is 0 Å². The quantitative estimate of drug-likeness (QED) is 0.664. The summed E-state index contributed by atoms with van der Waals surface area (Å²) in [6, 6.07) is 1.95. The Balaban J connectivity index is 0.000000161. The van der Waals surface area contributed by atoms with Crippen LogP contribution in [0.5, 0.6) is 0 Å². The van der Waals surface area contributed by atoms with Crippen molar-refractivity contribution in [1.29, 1.82) is 0 Å². The van der Waals surface area contributed by atoms with Crippen molar-refractivity contribution in [2.75, 3.05) is 13.1 Å². The van der Waals surface area contributed by atoms with Crippen LogP contribution in [0.1, 0.15) is 80.1 Å². The molecule has 4 atom stereocenters. The van der Waals surface area contributed by atoms with Gasteiger partial charge in [-0.3, -0.25) is 9.59 Å². The van der Waals surface area contributed by atoms with Crippen LogP contribution in [0, 0.1) is 0 Å². The maximum absolute atomic E-state index is 11.9. The number of hydrogen-bond donors (Lipinski definition) is 2. The summed E-state index contributed by atoms with van der Waals surface area (Å²) in [6.07, 6.45) is 6.18. The van der Waals surface area contributed by atoms with Crippen LogP contribution in [0.25, 0.3) is 0 Å². The van der Waals surface area contributed by atoms with E-state index < -0.39 is 0 Å². The van der Waals surface area contributed by atoms with Gasteiger partial charge in [0.05, 0.1) is 0 Å². The number of nitrogens with one attached hydrogen (secondary N) is 2. The predicted molar refractivity (Wildman–Crippen MR) is 112 cm³/mol. The lowest BCUT2D eigenvalue weighted by atomic mass is 10.0. The van der Waals surface area contributed by atoms with Crippen molar-refractivity contribution in [2.24, 2.45) is 0 Å². The molecule has 4 fully saturated rings. The number of rotatable bonds is 0. The van der Waals surface area contributed by atoms with E-state index in [1.54, 1.807) is 0 Å². The molecule has 160 valence electrons. The van der Waals surface area contributed by atoms with Gasteiger partial charge in [0.25, 0.3) is 0 Å². The maximum atomic E-state index is 11.9. The van der Waals surface area contributed by atoms with Crippen LogP contribution in [0.4, 0.5) is 0 Å². The minimum Gasteiger partial charge on any atom is -0.336 e.